The number of carbonyl (C=O) groups excluding carboxylic acids is 1. The molecule has 2 aliphatic heterocycles. The quantitative estimate of drug-likeness (QED) is 0.841. The first-order chi connectivity index (χ1) is 9.09. The molecule has 2 heterocycles. The molecule has 19 heavy (non-hydrogen) atoms. The minimum Gasteiger partial charge on any atom is -0.490 e. The van der Waals surface area contributed by atoms with Crippen LogP contribution in [0.3, 0.4) is 0 Å². The second-order valence-electron chi connectivity index (χ2n) is 5.60. The number of benzene rings is 1. The van der Waals surface area contributed by atoms with E-state index in [0.717, 1.165) is 23.5 Å². The van der Waals surface area contributed by atoms with E-state index in [2.05, 4.69) is 12.2 Å². The Bertz CT molecular complexity index is 514. The van der Waals surface area contributed by atoms with E-state index in [0.29, 0.717) is 19.6 Å². The Labute approximate surface area is 113 Å². The summed E-state index contributed by atoms with van der Waals surface area (Å²) in [7, 11) is 0. The van der Waals surface area contributed by atoms with E-state index < -0.39 is 0 Å². The summed E-state index contributed by atoms with van der Waals surface area (Å²) in [6.07, 6.45) is 1.42. The van der Waals surface area contributed by atoms with Crippen LogP contribution >= 0.6 is 0 Å². The van der Waals surface area contributed by atoms with Gasteiger partial charge in [0, 0.05) is 24.3 Å². The molecule has 1 N–H and O–H groups in total. The summed E-state index contributed by atoms with van der Waals surface area (Å²) in [6.45, 7) is 5.54. The first kappa shape index (κ1) is 12.3. The highest BCUT2D eigenvalue weighted by atomic mass is 16.5. The van der Waals surface area contributed by atoms with Gasteiger partial charge in [0.15, 0.2) is 11.5 Å². The monoisotopic (exact) mass is 261 g/mol. The minimum absolute atomic E-state index is 0.113. The molecule has 0 bridgehead atoms. The van der Waals surface area contributed by atoms with E-state index in [1.54, 1.807) is 0 Å². The third-order valence-electron chi connectivity index (χ3n) is 4.27. The van der Waals surface area contributed by atoms with Gasteiger partial charge >= 0.3 is 0 Å². The second kappa shape index (κ2) is 4.44. The number of amides is 1. The van der Waals surface area contributed by atoms with Gasteiger partial charge in [0.25, 0.3) is 0 Å². The van der Waals surface area contributed by atoms with Crippen LogP contribution < -0.4 is 14.8 Å². The molecule has 4 heteroatoms. The fourth-order valence-electron chi connectivity index (χ4n) is 2.81. The van der Waals surface area contributed by atoms with Gasteiger partial charge in [0.2, 0.25) is 5.91 Å². The molecule has 2 atom stereocenters. The van der Waals surface area contributed by atoms with Crippen LogP contribution in [0.15, 0.2) is 18.2 Å². The number of ether oxygens (including phenoxy) is 2. The molecule has 2 unspecified atom stereocenters. The molecular formula is C15H19NO3. The number of carbonyl (C=O) groups is 1. The van der Waals surface area contributed by atoms with Crippen molar-refractivity contribution in [2.45, 2.75) is 38.1 Å². The van der Waals surface area contributed by atoms with Crippen molar-refractivity contribution in [1.29, 1.82) is 0 Å². The van der Waals surface area contributed by atoms with Crippen LogP contribution in [0.2, 0.25) is 0 Å². The Hall–Kier alpha value is -1.71. The van der Waals surface area contributed by atoms with Crippen LogP contribution in [0.1, 0.15) is 32.3 Å². The topological polar surface area (TPSA) is 47.6 Å². The molecule has 1 aromatic carbocycles. The largest absolute Gasteiger partial charge is 0.490 e. The molecule has 0 radical (unpaired) electrons. The van der Waals surface area contributed by atoms with Crippen LogP contribution in [-0.2, 0) is 10.2 Å². The summed E-state index contributed by atoms with van der Waals surface area (Å²) in [5.41, 5.74) is 0.949. The predicted octanol–water partition coefficient (Wildman–Crippen LogP) is 2.01. The van der Waals surface area contributed by atoms with Crippen molar-refractivity contribution in [3.63, 3.8) is 0 Å². The lowest BCUT2D eigenvalue weighted by Gasteiger charge is -2.28. The van der Waals surface area contributed by atoms with Crippen molar-refractivity contribution < 1.29 is 14.3 Å². The van der Waals surface area contributed by atoms with Crippen molar-refractivity contribution in [2.24, 2.45) is 0 Å². The third-order valence-corrected chi connectivity index (χ3v) is 4.27. The highest BCUT2D eigenvalue weighted by Gasteiger charge is 2.42. The highest BCUT2D eigenvalue weighted by Crippen LogP contribution is 2.40. The molecule has 1 saturated heterocycles. The van der Waals surface area contributed by atoms with Crippen LogP contribution in [0.25, 0.3) is 0 Å². The van der Waals surface area contributed by atoms with Gasteiger partial charge in [-0.3, -0.25) is 4.79 Å². The van der Waals surface area contributed by atoms with Crippen LogP contribution in [-0.4, -0.2) is 25.2 Å². The van der Waals surface area contributed by atoms with E-state index in [9.17, 15) is 4.79 Å². The lowest BCUT2D eigenvalue weighted by Crippen LogP contribution is -2.35. The molecule has 102 valence electrons. The average Bonchev–Trinajstić information content (AvgIpc) is 2.57. The zero-order chi connectivity index (χ0) is 13.5. The maximum absolute atomic E-state index is 11.6. The molecule has 0 saturated carbocycles. The number of hydrogen-bond acceptors (Lipinski definition) is 3. The van der Waals surface area contributed by atoms with E-state index in [1.807, 2.05) is 25.1 Å². The number of nitrogens with one attached hydrogen (secondary N) is 1. The average molecular weight is 261 g/mol. The first-order valence-corrected chi connectivity index (χ1v) is 6.79. The Morgan fingerprint density at radius 2 is 2.00 bits per heavy atom. The van der Waals surface area contributed by atoms with E-state index in [-0.39, 0.29) is 17.4 Å². The van der Waals surface area contributed by atoms with Gasteiger partial charge in [0.1, 0.15) is 0 Å². The highest BCUT2D eigenvalue weighted by molar-refractivity contribution is 5.81. The predicted molar refractivity (Wildman–Crippen MR) is 71.6 cm³/mol. The van der Waals surface area contributed by atoms with E-state index in [4.69, 9.17) is 9.47 Å². The molecule has 1 aromatic rings. The summed E-state index contributed by atoms with van der Waals surface area (Å²) in [4.78, 5) is 11.6. The third kappa shape index (κ3) is 2.05. The maximum atomic E-state index is 11.6. The van der Waals surface area contributed by atoms with Gasteiger partial charge in [0.05, 0.1) is 13.2 Å². The van der Waals surface area contributed by atoms with Gasteiger partial charge in [-0.05, 0) is 24.6 Å². The normalized spacial score (nSPS) is 29.8. The second-order valence-corrected chi connectivity index (χ2v) is 5.60. The minimum atomic E-state index is -0.179. The van der Waals surface area contributed by atoms with Crippen LogP contribution in [0, 0.1) is 0 Å². The molecular weight excluding hydrogens is 242 g/mol. The van der Waals surface area contributed by atoms with Gasteiger partial charge in [-0.1, -0.05) is 13.0 Å². The number of fused-ring (bicyclic) bond motifs is 1. The Morgan fingerprint density at radius 3 is 2.68 bits per heavy atom. The van der Waals surface area contributed by atoms with Crippen LogP contribution in [0.4, 0.5) is 0 Å². The van der Waals surface area contributed by atoms with Crippen molar-refractivity contribution >= 4 is 5.91 Å². The molecule has 1 amide bonds. The summed E-state index contributed by atoms with van der Waals surface area (Å²) < 4.78 is 11.4. The maximum Gasteiger partial charge on any atom is 0.221 e. The molecule has 0 aliphatic carbocycles. The standard InChI is InChI=1S/C15H19NO3/c1-10-15(2,9-14(17)16-10)11-4-5-12-13(8-11)19-7-3-6-18-12/h4-5,8,10H,3,6-7,9H2,1-2H3,(H,16,17). The summed E-state index contributed by atoms with van der Waals surface area (Å²) in [6, 6.07) is 6.16. The molecule has 1 fully saturated rings. The Morgan fingerprint density at radius 1 is 1.26 bits per heavy atom. The van der Waals surface area contributed by atoms with Crippen molar-refractivity contribution in [1.82, 2.24) is 5.32 Å². The lowest BCUT2D eigenvalue weighted by molar-refractivity contribution is -0.119. The summed E-state index contributed by atoms with van der Waals surface area (Å²) >= 11 is 0. The molecule has 4 nitrogen and oxygen atoms in total. The van der Waals surface area contributed by atoms with Crippen molar-refractivity contribution in [3.8, 4) is 11.5 Å². The molecule has 3 rings (SSSR count). The lowest BCUT2D eigenvalue weighted by atomic mass is 9.76. The number of hydrogen-bond donors (Lipinski definition) is 1. The zero-order valence-corrected chi connectivity index (χ0v) is 11.4. The molecule has 2 aliphatic rings. The summed E-state index contributed by atoms with van der Waals surface area (Å²) in [5, 5.41) is 2.99. The molecule has 0 aromatic heterocycles. The van der Waals surface area contributed by atoms with Crippen molar-refractivity contribution in [2.75, 3.05) is 13.2 Å². The van der Waals surface area contributed by atoms with Gasteiger partial charge < -0.3 is 14.8 Å². The van der Waals surface area contributed by atoms with Gasteiger partial charge in [-0.2, -0.15) is 0 Å². The first-order valence-electron chi connectivity index (χ1n) is 6.79. The smallest absolute Gasteiger partial charge is 0.221 e. The van der Waals surface area contributed by atoms with E-state index >= 15 is 0 Å². The number of rotatable bonds is 1. The van der Waals surface area contributed by atoms with Crippen molar-refractivity contribution in [3.05, 3.63) is 23.8 Å². The summed E-state index contributed by atoms with van der Waals surface area (Å²) in [5.74, 6) is 1.71. The van der Waals surface area contributed by atoms with Gasteiger partial charge in [-0.25, -0.2) is 0 Å². The Balaban J connectivity index is 1.98. The Kier molecular flexibility index (Phi) is 2.88. The van der Waals surface area contributed by atoms with Gasteiger partial charge in [-0.15, -0.1) is 0 Å². The molecule has 0 spiro atoms. The fourth-order valence-corrected chi connectivity index (χ4v) is 2.81. The zero-order valence-electron chi connectivity index (χ0n) is 11.4. The fraction of sp³-hybridized carbons (Fsp3) is 0.533. The van der Waals surface area contributed by atoms with Crippen LogP contribution in [0.5, 0.6) is 11.5 Å². The van der Waals surface area contributed by atoms with E-state index in [1.165, 1.54) is 0 Å². The SMILES string of the molecule is CC1NC(=O)CC1(C)c1ccc2c(c1)OCCCO2.